The lowest BCUT2D eigenvalue weighted by atomic mass is 10.3. The zero-order valence-corrected chi connectivity index (χ0v) is 15.4. The van der Waals surface area contributed by atoms with E-state index in [1.807, 2.05) is 13.0 Å². The van der Waals surface area contributed by atoms with Gasteiger partial charge in [-0.25, -0.2) is 9.37 Å². The van der Waals surface area contributed by atoms with Gasteiger partial charge in [-0.1, -0.05) is 17.7 Å². The molecule has 0 saturated carbocycles. The minimum absolute atomic E-state index is 0.0494. The van der Waals surface area contributed by atoms with Gasteiger partial charge in [0.1, 0.15) is 11.5 Å². The molecule has 1 amide bonds. The van der Waals surface area contributed by atoms with Gasteiger partial charge in [0.2, 0.25) is 5.91 Å². The fourth-order valence-electron chi connectivity index (χ4n) is 2.40. The smallest absolute Gasteiger partial charge is 0.258 e. The zero-order valence-electron chi connectivity index (χ0n) is 13.8. The molecule has 8 heteroatoms. The summed E-state index contributed by atoms with van der Waals surface area (Å²) in [4.78, 5) is 28.6. The Bertz CT molecular complexity index is 1040. The summed E-state index contributed by atoms with van der Waals surface area (Å²) in [6, 6.07) is 9.15. The van der Waals surface area contributed by atoms with Gasteiger partial charge in [0.05, 0.1) is 16.5 Å². The van der Waals surface area contributed by atoms with Gasteiger partial charge in [-0.15, -0.1) is 11.8 Å². The van der Waals surface area contributed by atoms with E-state index in [1.165, 1.54) is 40.4 Å². The molecule has 0 radical (unpaired) electrons. The van der Waals surface area contributed by atoms with Crippen molar-refractivity contribution in [3.8, 4) is 0 Å². The molecular formula is C18H15ClFN3O2S. The van der Waals surface area contributed by atoms with Crippen LogP contribution < -0.4 is 10.9 Å². The average molecular weight is 392 g/mol. The Balaban J connectivity index is 1.61. The Labute approximate surface area is 158 Å². The van der Waals surface area contributed by atoms with Gasteiger partial charge in [-0.2, -0.15) is 0 Å². The second-order valence-electron chi connectivity index (χ2n) is 5.64. The maximum Gasteiger partial charge on any atom is 0.258 e. The van der Waals surface area contributed by atoms with Crippen LogP contribution in [0.25, 0.3) is 5.65 Å². The summed E-state index contributed by atoms with van der Waals surface area (Å²) in [5.74, 6) is -0.184. The number of halogens is 2. The van der Waals surface area contributed by atoms with Crippen LogP contribution >= 0.6 is 23.4 Å². The van der Waals surface area contributed by atoms with E-state index in [-0.39, 0.29) is 22.2 Å². The zero-order chi connectivity index (χ0) is 18.7. The molecule has 0 bridgehead atoms. The number of pyridine rings is 1. The summed E-state index contributed by atoms with van der Waals surface area (Å²) < 4.78 is 14.6. The highest BCUT2D eigenvalue weighted by molar-refractivity contribution is 7.99. The van der Waals surface area contributed by atoms with E-state index in [1.54, 1.807) is 12.3 Å². The van der Waals surface area contributed by atoms with Crippen LogP contribution in [-0.2, 0) is 10.5 Å². The number of carbonyl (C=O) groups is 1. The number of nitrogens with one attached hydrogen (secondary N) is 1. The Morgan fingerprint density at radius 3 is 2.92 bits per heavy atom. The fraction of sp³-hybridized carbons (Fsp3) is 0.167. The number of thioether (sulfide) groups is 1. The molecule has 134 valence electrons. The lowest BCUT2D eigenvalue weighted by molar-refractivity contribution is -0.113. The number of anilines is 1. The third-order valence-corrected chi connectivity index (χ3v) is 4.88. The number of carbonyl (C=O) groups excluding carboxylic acids is 1. The molecule has 3 rings (SSSR count). The number of hydrogen-bond acceptors (Lipinski definition) is 4. The molecule has 5 nitrogen and oxygen atoms in total. The molecule has 0 fully saturated rings. The van der Waals surface area contributed by atoms with E-state index in [0.717, 1.165) is 5.56 Å². The Morgan fingerprint density at radius 1 is 1.35 bits per heavy atom. The fourth-order valence-corrected chi connectivity index (χ4v) is 3.30. The van der Waals surface area contributed by atoms with Crippen molar-refractivity contribution in [3.05, 3.63) is 75.0 Å². The van der Waals surface area contributed by atoms with Crippen LogP contribution in [0.15, 0.2) is 47.4 Å². The van der Waals surface area contributed by atoms with E-state index >= 15 is 0 Å². The van der Waals surface area contributed by atoms with E-state index in [4.69, 9.17) is 11.6 Å². The first kappa shape index (κ1) is 18.4. The second-order valence-corrected chi connectivity index (χ2v) is 7.03. The minimum atomic E-state index is -0.539. The quantitative estimate of drug-likeness (QED) is 0.720. The van der Waals surface area contributed by atoms with Crippen LogP contribution in [0.2, 0.25) is 5.02 Å². The molecule has 3 aromatic rings. The largest absolute Gasteiger partial charge is 0.325 e. The van der Waals surface area contributed by atoms with Crippen LogP contribution in [-0.4, -0.2) is 21.0 Å². The van der Waals surface area contributed by atoms with E-state index < -0.39 is 5.82 Å². The molecule has 1 N–H and O–H groups in total. The van der Waals surface area contributed by atoms with Crippen LogP contribution in [0.4, 0.5) is 10.1 Å². The van der Waals surface area contributed by atoms with Gasteiger partial charge in [0.25, 0.3) is 5.56 Å². The van der Waals surface area contributed by atoms with Gasteiger partial charge in [0.15, 0.2) is 0 Å². The van der Waals surface area contributed by atoms with Crippen molar-refractivity contribution >= 4 is 40.6 Å². The molecule has 0 aliphatic carbocycles. The van der Waals surface area contributed by atoms with Crippen molar-refractivity contribution in [1.29, 1.82) is 0 Å². The van der Waals surface area contributed by atoms with Gasteiger partial charge in [-0.05, 0) is 36.8 Å². The molecular weight excluding hydrogens is 377 g/mol. The van der Waals surface area contributed by atoms with Gasteiger partial charge in [0, 0.05) is 23.7 Å². The Morgan fingerprint density at radius 2 is 2.15 bits per heavy atom. The highest BCUT2D eigenvalue weighted by Crippen LogP contribution is 2.20. The van der Waals surface area contributed by atoms with E-state index in [9.17, 15) is 14.0 Å². The first-order valence-corrected chi connectivity index (χ1v) is 9.28. The molecule has 26 heavy (non-hydrogen) atoms. The number of aromatic nitrogens is 2. The highest BCUT2D eigenvalue weighted by Gasteiger charge is 2.08. The standard InChI is InChI=1S/C18H15ClFN3O2S/c1-11-3-2-6-23-17(25)8-13(22-18(11)23)9-26-10-16(24)21-12-4-5-15(20)14(19)7-12/h2-8H,9-10H2,1H3,(H,21,24). The number of rotatable bonds is 5. The lowest BCUT2D eigenvalue weighted by Gasteiger charge is -2.07. The van der Waals surface area contributed by atoms with Crippen molar-refractivity contribution in [2.75, 3.05) is 11.1 Å². The predicted octanol–water partition coefficient (Wildman–Crippen LogP) is 3.67. The van der Waals surface area contributed by atoms with Crippen LogP contribution in [0, 0.1) is 12.7 Å². The Kier molecular flexibility index (Phi) is 5.58. The maximum absolute atomic E-state index is 13.1. The first-order chi connectivity index (χ1) is 12.4. The third kappa shape index (κ3) is 4.23. The van der Waals surface area contributed by atoms with Gasteiger partial charge in [-0.3, -0.25) is 14.0 Å². The summed E-state index contributed by atoms with van der Waals surface area (Å²) in [7, 11) is 0. The highest BCUT2D eigenvalue weighted by atomic mass is 35.5. The van der Waals surface area contributed by atoms with Crippen LogP contribution in [0.1, 0.15) is 11.3 Å². The SMILES string of the molecule is Cc1cccn2c(=O)cc(CSCC(=O)Nc3ccc(F)c(Cl)c3)nc12. The molecule has 0 unspecified atom stereocenters. The van der Waals surface area contributed by atoms with Crippen LogP contribution in [0.5, 0.6) is 0 Å². The van der Waals surface area contributed by atoms with Crippen molar-refractivity contribution in [3.63, 3.8) is 0 Å². The number of hydrogen-bond donors (Lipinski definition) is 1. The van der Waals surface area contributed by atoms with Crippen molar-refractivity contribution in [2.24, 2.45) is 0 Å². The summed E-state index contributed by atoms with van der Waals surface area (Å²) in [6.07, 6.45) is 1.68. The molecule has 2 aromatic heterocycles. The Hall–Kier alpha value is -2.38. The number of aryl methyl sites for hydroxylation is 1. The van der Waals surface area contributed by atoms with E-state index in [0.29, 0.717) is 22.8 Å². The molecule has 0 aliphatic heterocycles. The predicted molar refractivity (Wildman–Crippen MR) is 102 cm³/mol. The molecule has 1 aromatic carbocycles. The molecule has 0 saturated heterocycles. The van der Waals surface area contributed by atoms with Crippen molar-refractivity contribution in [1.82, 2.24) is 9.38 Å². The lowest BCUT2D eigenvalue weighted by Crippen LogP contribution is -2.17. The number of nitrogens with zero attached hydrogens (tertiary/aromatic N) is 2. The molecule has 0 aliphatic rings. The average Bonchev–Trinajstić information content (AvgIpc) is 2.59. The van der Waals surface area contributed by atoms with Gasteiger partial charge >= 0.3 is 0 Å². The monoisotopic (exact) mass is 391 g/mol. The summed E-state index contributed by atoms with van der Waals surface area (Å²) in [5, 5.41) is 2.60. The van der Waals surface area contributed by atoms with Crippen molar-refractivity contribution < 1.29 is 9.18 Å². The topological polar surface area (TPSA) is 63.5 Å². The summed E-state index contributed by atoms with van der Waals surface area (Å²) in [6.45, 7) is 1.89. The van der Waals surface area contributed by atoms with Gasteiger partial charge < -0.3 is 5.32 Å². The number of amides is 1. The summed E-state index contributed by atoms with van der Waals surface area (Å²) in [5.41, 5.74) is 2.41. The van der Waals surface area contributed by atoms with E-state index in [2.05, 4.69) is 10.3 Å². The second kappa shape index (κ2) is 7.88. The van der Waals surface area contributed by atoms with Crippen molar-refractivity contribution in [2.45, 2.75) is 12.7 Å². The minimum Gasteiger partial charge on any atom is -0.325 e. The molecule has 0 atom stereocenters. The molecule has 0 spiro atoms. The molecule has 2 heterocycles. The first-order valence-electron chi connectivity index (χ1n) is 7.74. The third-order valence-electron chi connectivity index (χ3n) is 3.63. The summed E-state index contributed by atoms with van der Waals surface area (Å²) >= 11 is 7.02. The van der Waals surface area contributed by atoms with Crippen LogP contribution in [0.3, 0.4) is 0 Å². The maximum atomic E-state index is 13.1. The number of fused-ring (bicyclic) bond motifs is 1. The number of benzene rings is 1. The normalized spacial score (nSPS) is 10.9.